The van der Waals surface area contributed by atoms with E-state index in [4.69, 9.17) is 10.2 Å². The number of benzene rings is 1. The molecule has 102 valence electrons. The summed E-state index contributed by atoms with van der Waals surface area (Å²) in [5.74, 6) is 0.871. The van der Waals surface area contributed by atoms with Crippen molar-refractivity contribution in [2.75, 3.05) is 0 Å². The molecule has 19 heavy (non-hydrogen) atoms. The third-order valence-corrected chi connectivity index (χ3v) is 4.52. The van der Waals surface area contributed by atoms with Crippen molar-refractivity contribution in [3.63, 3.8) is 0 Å². The molecule has 1 aromatic heterocycles. The summed E-state index contributed by atoms with van der Waals surface area (Å²) in [6.07, 6.45) is 0. The van der Waals surface area contributed by atoms with E-state index in [9.17, 15) is 0 Å². The lowest BCUT2D eigenvalue weighted by Crippen LogP contribution is -2.23. The van der Waals surface area contributed by atoms with Crippen LogP contribution in [0.5, 0.6) is 0 Å². The van der Waals surface area contributed by atoms with E-state index in [2.05, 4.69) is 24.0 Å². The lowest BCUT2D eigenvalue weighted by molar-refractivity contribution is 0.429. The average molecular weight is 276 g/mol. The molecule has 2 N–H and O–H groups in total. The molecule has 0 saturated heterocycles. The molecule has 0 amide bonds. The molecule has 0 spiro atoms. The highest BCUT2D eigenvalue weighted by Gasteiger charge is 2.22. The molecule has 2 aromatic rings. The van der Waals surface area contributed by atoms with Crippen molar-refractivity contribution in [3.8, 4) is 0 Å². The van der Waals surface area contributed by atoms with Crippen molar-refractivity contribution in [3.05, 3.63) is 46.8 Å². The molecule has 2 atom stereocenters. The Bertz CT molecular complexity index is 544. The predicted molar refractivity (Wildman–Crippen MR) is 79.4 cm³/mol. The van der Waals surface area contributed by atoms with E-state index in [0.717, 1.165) is 11.5 Å². The van der Waals surface area contributed by atoms with Crippen molar-refractivity contribution in [1.82, 2.24) is 4.98 Å². The Labute approximate surface area is 118 Å². The van der Waals surface area contributed by atoms with E-state index in [0.29, 0.717) is 5.22 Å². The second-order valence-electron chi connectivity index (χ2n) is 4.88. The SMILES string of the molecule is Cc1ccccc1C(Sc1nc(C)c(C)o1)C(C)N. The minimum absolute atomic E-state index is 0.0265. The molecular formula is C15H20N2OS. The fourth-order valence-electron chi connectivity index (χ4n) is 1.96. The monoisotopic (exact) mass is 276 g/mol. The number of rotatable bonds is 4. The van der Waals surface area contributed by atoms with E-state index in [1.165, 1.54) is 11.1 Å². The van der Waals surface area contributed by atoms with Gasteiger partial charge < -0.3 is 10.2 Å². The molecule has 2 unspecified atom stereocenters. The van der Waals surface area contributed by atoms with Gasteiger partial charge in [0.15, 0.2) is 0 Å². The molecule has 0 aliphatic carbocycles. The van der Waals surface area contributed by atoms with Gasteiger partial charge in [0, 0.05) is 6.04 Å². The Balaban J connectivity index is 2.29. The summed E-state index contributed by atoms with van der Waals surface area (Å²) < 4.78 is 5.65. The smallest absolute Gasteiger partial charge is 0.256 e. The molecule has 0 aliphatic rings. The van der Waals surface area contributed by atoms with Gasteiger partial charge in [0.05, 0.1) is 10.9 Å². The van der Waals surface area contributed by atoms with Gasteiger partial charge in [0.2, 0.25) is 0 Å². The first kappa shape index (κ1) is 14.2. The molecule has 0 saturated carbocycles. The summed E-state index contributed by atoms with van der Waals surface area (Å²) in [5.41, 5.74) is 9.57. The van der Waals surface area contributed by atoms with Gasteiger partial charge in [0.25, 0.3) is 5.22 Å². The predicted octanol–water partition coefficient (Wildman–Crippen LogP) is 3.78. The zero-order valence-electron chi connectivity index (χ0n) is 11.8. The van der Waals surface area contributed by atoms with Crippen LogP contribution in [0.3, 0.4) is 0 Å². The third kappa shape index (κ3) is 3.19. The number of nitrogens with zero attached hydrogens (tertiary/aromatic N) is 1. The first-order chi connectivity index (χ1) is 8.99. The summed E-state index contributed by atoms with van der Waals surface area (Å²) >= 11 is 1.60. The van der Waals surface area contributed by atoms with Crippen LogP contribution >= 0.6 is 11.8 Å². The Morgan fingerprint density at radius 1 is 1.21 bits per heavy atom. The highest BCUT2D eigenvalue weighted by atomic mass is 32.2. The fourth-order valence-corrected chi connectivity index (χ4v) is 3.15. The molecule has 3 nitrogen and oxygen atoms in total. The quantitative estimate of drug-likeness (QED) is 0.863. The van der Waals surface area contributed by atoms with Crippen molar-refractivity contribution in [2.24, 2.45) is 5.73 Å². The molecule has 1 aromatic carbocycles. The van der Waals surface area contributed by atoms with Crippen molar-refractivity contribution in [1.29, 1.82) is 0 Å². The molecular weight excluding hydrogens is 256 g/mol. The topological polar surface area (TPSA) is 52.0 Å². The maximum atomic E-state index is 6.14. The first-order valence-electron chi connectivity index (χ1n) is 6.41. The second kappa shape index (κ2) is 5.80. The van der Waals surface area contributed by atoms with Crippen molar-refractivity contribution >= 4 is 11.8 Å². The van der Waals surface area contributed by atoms with Crippen molar-refractivity contribution in [2.45, 2.75) is 44.2 Å². The summed E-state index contributed by atoms with van der Waals surface area (Å²) in [4.78, 5) is 4.43. The van der Waals surface area contributed by atoms with Crippen LogP contribution < -0.4 is 5.73 Å². The van der Waals surface area contributed by atoms with Crippen LogP contribution in [0.1, 0.15) is 34.8 Å². The summed E-state index contributed by atoms with van der Waals surface area (Å²) in [6, 6.07) is 8.35. The molecule has 0 aliphatic heterocycles. The molecule has 1 heterocycles. The van der Waals surface area contributed by atoms with Crippen molar-refractivity contribution < 1.29 is 4.42 Å². The van der Waals surface area contributed by atoms with Crippen LogP contribution in [-0.4, -0.2) is 11.0 Å². The fraction of sp³-hybridized carbons (Fsp3) is 0.400. The van der Waals surface area contributed by atoms with Gasteiger partial charge >= 0.3 is 0 Å². The number of aromatic nitrogens is 1. The summed E-state index contributed by atoms with van der Waals surface area (Å²) in [7, 11) is 0. The lowest BCUT2D eigenvalue weighted by Gasteiger charge is -2.20. The van der Waals surface area contributed by atoms with Gasteiger partial charge in [-0.05, 0) is 38.8 Å². The highest BCUT2D eigenvalue weighted by Crippen LogP contribution is 2.38. The Morgan fingerprint density at radius 3 is 2.42 bits per heavy atom. The van der Waals surface area contributed by atoms with Gasteiger partial charge in [0.1, 0.15) is 5.76 Å². The number of oxazole rings is 1. The molecule has 4 heteroatoms. The van der Waals surface area contributed by atoms with Crippen LogP contribution in [0, 0.1) is 20.8 Å². The van der Waals surface area contributed by atoms with E-state index < -0.39 is 0 Å². The number of aryl methyl sites for hydroxylation is 3. The average Bonchev–Trinajstić information content (AvgIpc) is 2.66. The number of nitrogens with two attached hydrogens (primary N) is 1. The highest BCUT2D eigenvalue weighted by molar-refractivity contribution is 7.99. The number of thioether (sulfide) groups is 1. The minimum atomic E-state index is 0.0265. The van der Waals surface area contributed by atoms with Crippen LogP contribution in [-0.2, 0) is 0 Å². The first-order valence-corrected chi connectivity index (χ1v) is 7.28. The molecule has 2 rings (SSSR count). The third-order valence-electron chi connectivity index (χ3n) is 3.21. The van der Waals surface area contributed by atoms with E-state index in [1.54, 1.807) is 11.8 Å². The normalized spacial score (nSPS) is 14.4. The summed E-state index contributed by atoms with van der Waals surface area (Å²) in [5, 5.41) is 0.846. The Hall–Kier alpha value is -1.26. The van der Waals surface area contributed by atoms with Crippen LogP contribution in [0.4, 0.5) is 0 Å². The Kier molecular flexibility index (Phi) is 4.32. The van der Waals surface area contributed by atoms with Gasteiger partial charge in [-0.15, -0.1) is 0 Å². The van der Waals surface area contributed by atoms with E-state index in [1.807, 2.05) is 32.9 Å². The Morgan fingerprint density at radius 2 is 1.89 bits per heavy atom. The van der Waals surface area contributed by atoms with Gasteiger partial charge in [-0.25, -0.2) is 4.98 Å². The van der Waals surface area contributed by atoms with Crippen LogP contribution in [0.15, 0.2) is 33.9 Å². The van der Waals surface area contributed by atoms with E-state index in [-0.39, 0.29) is 11.3 Å². The van der Waals surface area contributed by atoms with Crippen LogP contribution in [0.25, 0.3) is 0 Å². The maximum Gasteiger partial charge on any atom is 0.256 e. The minimum Gasteiger partial charge on any atom is -0.437 e. The van der Waals surface area contributed by atoms with Gasteiger partial charge in [-0.1, -0.05) is 36.0 Å². The van der Waals surface area contributed by atoms with Gasteiger partial charge in [-0.2, -0.15) is 0 Å². The zero-order chi connectivity index (χ0) is 14.0. The number of hydrogen-bond acceptors (Lipinski definition) is 4. The van der Waals surface area contributed by atoms with E-state index >= 15 is 0 Å². The van der Waals surface area contributed by atoms with Gasteiger partial charge in [-0.3, -0.25) is 0 Å². The largest absolute Gasteiger partial charge is 0.437 e. The number of hydrogen-bond donors (Lipinski definition) is 1. The zero-order valence-corrected chi connectivity index (χ0v) is 12.6. The summed E-state index contributed by atoms with van der Waals surface area (Å²) in [6.45, 7) is 8.02. The second-order valence-corrected chi connectivity index (χ2v) is 5.97. The molecule has 0 fully saturated rings. The lowest BCUT2D eigenvalue weighted by atomic mass is 10.0. The molecule has 0 radical (unpaired) electrons. The standard InChI is InChI=1S/C15H20N2OS/c1-9-7-5-6-8-13(9)14(10(2)16)19-15-17-11(3)12(4)18-15/h5-8,10,14H,16H2,1-4H3. The van der Waals surface area contributed by atoms with Crippen LogP contribution in [0.2, 0.25) is 0 Å². The molecule has 0 bridgehead atoms. The maximum absolute atomic E-state index is 6.14.